The van der Waals surface area contributed by atoms with Gasteiger partial charge < -0.3 is 4.98 Å². The molecule has 4 rings (SSSR count). The number of hydrogen-bond donors (Lipinski definition) is 1. The van der Waals surface area contributed by atoms with E-state index < -0.39 is 0 Å². The molecular formula is C18H18N4OS. The first-order valence-electron chi connectivity index (χ1n) is 7.99. The van der Waals surface area contributed by atoms with Gasteiger partial charge in [-0.3, -0.25) is 14.7 Å². The third-order valence-electron chi connectivity index (χ3n) is 4.28. The lowest BCUT2D eigenvalue weighted by Crippen LogP contribution is -2.35. The summed E-state index contributed by atoms with van der Waals surface area (Å²) in [6.45, 7) is 4.60. The second kappa shape index (κ2) is 6.30. The van der Waals surface area contributed by atoms with E-state index in [9.17, 15) is 4.79 Å². The fourth-order valence-electron chi connectivity index (χ4n) is 3.05. The van der Waals surface area contributed by atoms with Crippen molar-refractivity contribution in [1.29, 1.82) is 0 Å². The number of nitrogens with zero attached hydrogens (tertiary/aromatic N) is 3. The van der Waals surface area contributed by atoms with Gasteiger partial charge in [0.1, 0.15) is 5.82 Å². The van der Waals surface area contributed by atoms with Crippen LogP contribution in [0.15, 0.2) is 41.5 Å². The highest BCUT2D eigenvalue weighted by Gasteiger charge is 2.21. The van der Waals surface area contributed by atoms with E-state index in [1.54, 1.807) is 12.4 Å². The van der Waals surface area contributed by atoms with Crippen LogP contribution in [-0.4, -0.2) is 26.4 Å². The molecule has 122 valence electrons. The maximum absolute atomic E-state index is 12.5. The Labute approximate surface area is 144 Å². The molecule has 1 N–H and O–H groups in total. The van der Waals surface area contributed by atoms with E-state index in [0.717, 1.165) is 36.3 Å². The molecule has 0 aromatic carbocycles. The average molecular weight is 338 g/mol. The topological polar surface area (TPSA) is 61.9 Å². The Balaban J connectivity index is 1.59. The van der Waals surface area contributed by atoms with E-state index in [0.29, 0.717) is 12.4 Å². The van der Waals surface area contributed by atoms with Crippen molar-refractivity contribution in [2.45, 2.75) is 26.4 Å². The van der Waals surface area contributed by atoms with Crippen LogP contribution in [0.1, 0.15) is 21.0 Å². The number of fused-ring (bicyclic) bond motifs is 1. The van der Waals surface area contributed by atoms with Gasteiger partial charge in [0, 0.05) is 53.8 Å². The smallest absolute Gasteiger partial charge is 0.255 e. The third kappa shape index (κ3) is 3.02. The lowest BCUT2D eigenvalue weighted by Gasteiger charge is -2.27. The molecule has 0 saturated carbocycles. The van der Waals surface area contributed by atoms with E-state index in [4.69, 9.17) is 0 Å². The Morgan fingerprint density at radius 3 is 2.83 bits per heavy atom. The van der Waals surface area contributed by atoms with Gasteiger partial charge in [-0.25, -0.2) is 4.98 Å². The van der Waals surface area contributed by atoms with Gasteiger partial charge in [0.15, 0.2) is 0 Å². The first-order valence-corrected chi connectivity index (χ1v) is 8.81. The number of pyridine rings is 1. The predicted molar refractivity (Wildman–Crippen MR) is 95.0 cm³/mol. The highest BCUT2D eigenvalue weighted by molar-refractivity contribution is 7.11. The second-order valence-corrected chi connectivity index (χ2v) is 7.42. The number of aromatic amines is 1. The van der Waals surface area contributed by atoms with Gasteiger partial charge in [-0.05, 0) is 31.2 Å². The van der Waals surface area contributed by atoms with Crippen LogP contribution in [-0.2, 0) is 19.5 Å². The van der Waals surface area contributed by atoms with Gasteiger partial charge in [0.2, 0.25) is 0 Å². The van der Waals surface area contributed by atoms with Crippen molar-refractivity contribution in [2.75, 3.05) is 6.54 Å². The molecule has 0 unspecified atom stereocenters. The molecule has 0 fully saturated rings. The maximum Gasteiger partial charge on any atom is 0.255 e. The molecule has 5 nitrogen and oxygen atoms in total. The van der Waals surface area contributed by atoms with E-state index in [2.05, 4.69) is 38.9 Å². The lowest BCUT2D eigenvalue weighted by atomic mass is 10.1. The van der Waals surface area contributed by atoms with Gasteiger partial charge in [-0.15, -0.1) is 11.3 Å². The largest absolute Gasteiger partial charge is 0.306 e. The van der Waals surface area contributed by atoms with E-state index >= 15 is 0 Å². The van der Waals surface area contributed by atoms with Crippen molar-refractivity contribution in [1.82, 2.24) is 19.9 Å². The molecule has 0 amide bonds. The summed E-state index contributed by atoms with van der Waals surface area (Å²) >= 11 is 1.82. The summed E-state index contributed by atoms with van der Waals surface area (Å²) in [5.74, 6) is 0.628. The second-order valence-electron chi connectivity index (χ2n) is 6.05. The molecule has 3 aromatic rings. The normalized spacial score (nSPS) is 14.5. The zero-order chi connectivity index (χ0) is 16.5. The number of aromatic nitrogens is 3. The van der Waals surface area contributed by atoms with Crippen molar-refractivity contribution < 1.29 is 0 Å². The summed E-state index contributed by atoms with van der Waals surface area (Å²) in [7, 11) is 0. The Morgan fingerprint density at radius 1 is 1.25 bits per heavy atom. The fraction of sp³-hybridized carbons (Fsp3) is 0.278. The summed E-state index contributed by atoms with van der Waals surface area (Å²) in [5, 5.41) is 0. The molecule has 0 aliphatic carbocycles. The first kappa shape index (κ1) is 15.2. The van der Waals surface area contributed by atoms with Crippen LogP contribution in [0.25, 0.3) is 11.4 Å². The van der Waals surface area contributed by atoms with Crippen LogP contribution in [0.2, 0.25) is 0 Å². The van der Waals surface area contributed by atoms with Gasteiger partial charge in [-0.1, -0.05) is 0 Å². The predicted octanol–water partition coefficient (Wildman–Crippen LogP) is 2.76. The maximum atomic E-state index is 12.5. The van der Waals surface area contributed by atoms with Crippen LogP contribution in [0.5, 0.6) is 0 Å². The highest BCUT2D eigenvalue weighted by Crippen LogP contribution is 2.22. The van der Waals surface area contributed by atoms with Gasteiger partial charge in [0.25, 0.3) is 5.56 Å². The Morgan fingerprint density at radius 2 is 2.08 bits per heavy atom. The third-order valence-corrected chi connectivity index (χ3v) is 5.26. The van der Waals surface area contributed by atoms with E-state index in [1.165, 1.54) is 9.75 Å². The molecule has 0 bridgehead atoms. The molecule has 3 aromatic heterocycles. The van der Waals surface area contributed by atoms with E-state index in [-0.39, 0.29) is 5.56 Å². The average Bonchev–Trinajstić information content (AvgIpc) is 3.01. The van der Waals surface area contributed by atoms with E-state index in [1.807, 2.05) is 23.5 Å². The SMILES string of the molecule is Cc1ccc(CN2CCc3nc(-c4ccncc4)[nH]c(=O)c3C2)s1. The Hall–Kier alpha value is -2.31. The summed E-state index contributed by atoms with van der Waals surface area (Å²) in [4.78, 5) is 29.1. The molecule has 0 radical (unpaired) electrons. The summed E-state index contributed by atoms with van der Waals surface area (Å²) < 4.78 is 0. The summed E-state index contributed by atoms with van der Waals surface area (Å²) in [6.07, 6.45) is 4.22. The van der Waals surface area contributed by atoms with Crippen molar-refractivity contribution in [3.05, 3.63) is 68.0 Å². The molecule has 4 heterocycles. The zero-order valence-corrected chi connectivity index (χ0v) is 14.3. The Kier molecular flexibility index (Phi) is 4.00. The molecule has 0 saturated heterocycles. The van der Waals surface area contributed by atoms with Crippen molar-refractivity contribution >= 4 is 11.3 Å². The first-order chi connectivity index (χ1) is 11.7. The quantitative estimate of drug-likeness (QED) is 0.798. The van der Waals surface area contributed by atoms with Gasteiger partial charge in [-0.2, -0.15) is 0 Å². The minimum Gasteiger partial charge on any atom is -0.306 e. The number of rotatable bonds is 3. The molecule has 0 spiro atoms. The van der Waals surface area contributed by atoms with Gasteiger partial charge in [0.05, 0.1) is 11.3 Å². The minimum absolute atomic E-state index is 0.0288. The van der Waals surface area contributed by atoms with Crippen LogP contribution in [0, 0.1) is 6.92 Å². The van der Waals surface area contributed by atoms with Crippen LogP contribution < -0.4 is 5.56 Å². The van der Waals surface area contributed by atoms with Crippen LogP contribution >= 0.6 is 11.3 Å². The van der Waals surface area contributed by atoms with Crippen molar-refractivity contribution in [3.8, 4) is 11.4 Å². The minimum atomic E-state index is -0.0288. The van der Waals surface area contributed by atoms with Gasteiger partial charge >= 0.3 is 0 Å². The zero-order valence-electron chi connectivity index (χ0n) is 13.5. The molecule has 1 aliphatic rings. The molecule has 1 aliphatic heterocycles. The Bertz CT molecular complexity index is 916. The van der Waals surface area contributed by atoms with Crippen LogP contribution in [0.3, 0.4) is 0 Å². The number of aryl methyl sites for hydroxylation is 1. The highest BCUT2D eigenvalue weighted by atomic mass is 32.1. The number of hydrogen-bond acceptors (Lipinski definition) is 5. The van der Waals surface area contributed by atoms with Crippen molar-refractivity contribution in [3.63, 3.8) is 0 Å². The number of thiophene rings is 1. The summed E-state index contributed by atoms with van der Waals surface area (Å²) in [5.41, 5.74) is 2.58. The monoisotopic (exact) mass is 338 g/mol. The number of H-pyrrole nitrogens is 1. The molecular weight excluding hydrogens is 320 g/mol. The lowest BCUT2D eigenvalue weighted by molar-refractivity contribution is 0.244. The summed E-state index contributed by atoms with van der Waals surface area (Å²) in [6, 6.07) is 8.04. The van der Waals surface area contributed by atoms with Crippen molar-refractivity contribution in [2.24, 2.45) is 0 Å². The fourth-order valence-corrected chi connectivity index (χ4v) is 3.99. The molecule has 24 heavy (non-hydrogen) atoms. The number of nitrogens with one attached hydrogen (secondary N) is 1. The molecule has 0 atom stereocenters. The van der Waals surface area contributed by atoms with Crippen LogP contribution in [0.4, 0.5) is 0 Å². The standard InChI is InChI=1S/C18H18N4OS/c1-12-2-3-14(24-12)10-22-9-6-16-15(11-22)18(23)21-17(20-16)13-4-7-19-8-5-13/h2-5,7-8H,6,9-11H2,1H3,(H,20,21,23). The molecule has 6 heteroatoms.